The van der Waals surface area contributed by atoms with Gasteiger partial charge in [-0.15, -0.1) is 0 Å². The van der Waals surface area contributed by atoms with Crippen molar-refractivity contribution >= 4 is 6.29 Å². The molecule has 76 valence electrons. The lowest BCUT2D eigenvalue weighted by Gasteiger charge is -2.24. The Kier molecular flexibility index (Phi) is 5.19. The maximum Gasteiger partial charge on any atom is 0.122 e. The summed E-state index contributed by atoms with van der Waals surface area (Å²) in [4.78, 5) is 12.3. The highest BCUT2D eigenvalue weighted by Gasteiger charge is 2.06. The van der Waals surface area contributed by atoms with E-state index in [4.69, 9.17) is 0 Å². The number of hydrogen-bond donors (Lipinski definition) is 1. The van der Waals surface area contributed by atoms with Crippen molar-refractivity contribution in [1.29, 1.82) is 0 Å². The third-order valence-corrected chi connectivity index (χ3v) is 1.75. The minimum absolute atomic E-state index is 0.199. The van der Waals surface area contributed by atoms with E-state index in [0.717, 1.165) is 12.1 Å². The lowest BCUT2D eigenvalue weighted by atomic mass is 10.2. The van der Waals surface area contributed by atoms with Crippen LogP contribution < -0.4 is 5.32 Å². The molecule has 3 nitrogen and oxygen atoms in total. The minimum atomic E-state index is 0.199. The van der Waals surface area contributed by atoms with E-state index in [1.165, 1.54) is 5.57 Å². The summed E-state index contributed by atoms with van der Waals surface area (Å²) < 4.78 is 0. The van der Waals surface area contributed by atoms with Crippen LogP contribution in [0, 0.1) is 0 Å². The van der Waals surface area contributed by atoms with Gasteiger partial charge in [-0.3, -0.25) is 0 Å². The van der Waals surface area contributed by atoms with Gasteiger partial charge in [0.15, 0.2) is 0 Å². The van der Waals surface area contributed by atoms with Crippen molar-refractivity contribution in [3.63, 3.8) is 0 Å². The molecule has 0 aliphatic heterocycles. The number of carbonyl (C=O) groups excluding carboxylic acids is 1. The van der Waals surface area contributed by atoms with Crippen molar-refractivity contribution in [2.45, 2.75) is 33.2 Å². The highest BCUT2D eigenvalue weighted by atomic mass is 16.1. The Morgan fingerprint density at radius 3 is 2.31 bits per heavy atom. The van der Waals surface area contributed by atoms with E-state index in [0.29, 0.717) is 6.42 Å². The zero-order valence-electron chi connectivity index (χ0n) is 9.22. The van der Waals surface area contributed by atoms with Crippen LogP contribution >= 0.6 is 0 Å². The summed E-state index contributed by atoms with van der Waals surface area (Å²) in [6.07, 6.45) is 1.49. The number of allylic oxidation sites excluding steroid dienone is 1. The SMILES string of the molecule is CC(C)=C(NC(C)CC=O)N(C)C. The van der Waals surface area contributed by atoms with Gasteiger partial charge in [0.2, 0.25) is 0 Å². The molecule has 0 aromatic rings. The third-order valence-electron chi connectivity index (χ3n) is 1.75. The maximum absolute atomic E-state index is 10.3. The lowest BCUT2D eigenvalue weighted by Crippen LogP contribution is -2.33. The van der Waals surface area contributed by atoms with Gasteiger partial charge in [0.05, 0.1) is 5.82 Å². The fourth-order valence-corrected chi connectivity index (χ4v) is 1.16. The van der Waals surface area contributed by atoms with E-state index in [1.54, 1.807) is 0 Å². The quantitative estimate of drug-likeness (QED) is 0.655. The second-order valence-corrected chi connectivity index (χ2v) is 3.69. The monoisotopic (exact) mass is 184 g/mol. The molecule has 0 saturated heterocycles. The topological polar surface area (TPSA) is 32.3 Å². The van der Waals surface area contributed by atoms with Crippen LogP contribution in [-0.4, -0.2) is 31.3 Å². The number of aldehydes is 1. The molecule has 1 unspecified atom stereocenters. The number of hydrogen-bond acceptors (Lipinski definition) is 3. The predicted octanol–water partition coefficient (Wildman–Crippen LogP) is 1.37. The highest BCUT2D eigenvalue weighted by molar-refractivity contribution is 5.50. The maximum atomic E-state index is 10.3. The first-order valence-corrected chi connectivity index (χ1v) is 4.54. The van der Waals surface area contributed by atoms with Gasteiger partial charge >= 0.3 is 0 Å². The van der Waals surface area contributed by atoms with Gasteiger partial charge in [-0.2, -0.15) is 0 Å². The van der Waals surface area contributed by atoms with Crippen LogP contribution in [0.4, 0.5) is 0 Å². The van der Waals surface area contributed by atoms with Crippen molar-refractivity contribution in [3.05, 3.63) is 11.4 Å². The van der Waals surface area contributed by atoms with Crippen LogP contribution in [-0.2, 0) is 4.79 Å². The van der Waals surface area contributed by atoms with Crippen LogP contribution in [0.15, 0.2) is 11.4 Å². The van der Waals surface area contributed by atoms with Gasteiger partial charge in [-0.25, -0.2) is 0 Å². The van der Waals surface area contributed by atoms with Gasteiger partial charge in [0, 0.05) is 26.6 Å². The van der Waals surface area contributed by atoms with E-state index < -0.39 is 0 Å². The Balaban J connectivity index is 4.28. The average Bonchev–Trinajstić information content (AvgIpc) is 1.99. The zero-order chi connectivity index (χ0) is 10.4. The van der Waals surface area contributed by atoms with E-state index in [2.05, 4.69) is 19.2 Å². The summed E-state index contributed by atoms with van der Waals surface area (Å²) in [6.45, 7) is 6.10. The molecule has 0 bridgehead atoms. The Bertz CT molecular complexity index is 193. The molecule has 1 N–H and O–H groups in total. The average molecular weight is 184 g/mol. The summed E-state index contributed by atoms with van der Waals surface area (Å²) in [5.41, 5.74) is 1.22. The van der Waals surface area contributed by atoms with Crippen LogP contribution in [0.2, 0.25) is 0 Å². The molecule has 13 heavy (non-hydrogen) atoms. The van der Waals surface area contributed by atoms with Crippen LogP contribution in [0.25, 0.3) is 0 Å². The molecule has 0 amide bonds. The molecule has 1 atom stereocenters. The zero-order valence-corrected chi connectivity index (χ0v) is 9.22. The van der Waals surface area contributed by atoms with Crippen LogP contribution in [0.1, 0.15) is 27.2 Å². The van der Waals surface area contributed by atoms with Gasteiger partial charge in [-0.05, 0) is 26.3 Å². The third kappa shape index (κ3) is 4.55. The second kappa shape index (κ2) is 5.62. The number of rotatable bonds is 5. The van der Waals surface area contributed by atoms with E-state index in [-0.39, 0.29) is 6.04 Å². The molecule has 0 aliphatic rings. The summed E-state index contributed by atoms with van der Waals surface area (Å²) in [7, 11) is 3.98. The Hall–Kier alpha value is -0.990. The van der Waals surface area contributed by atoms with Gasteiger partial charge in [-0.1, -0.05) is 0 Å². The minimum Gasteiger partial charge on any atom is -0.369 e. The number of carbonyl (C=O) groups is 1. The molecule has 0 aliphatic carbocycles. The van der Waals surface area contributed by atoms with Crippen molar-refractivity contribution < 1.29 is 4.79 Å². The molecule has 0 spiro atoms. The Morgan fingerprint density at radius 1 is 1.46 bits per heavy atom. The second-order valence-electron chi connectivity index (χ2n) is 3.69. The Labute approximate surface area is 80.8 Å². The molecular weight excluding hydrogens is 164 g/mol. The number of nitrogens with zero attached hydrogens (tertiary/aromatic N) is 1. The van der Waals surface area contributed by atoms with Crippen molar-refractivity contribution in [2.75, 3.05) is 14.1 Å². The molecule has 0 aromatic carbocycles. The van der Waals surface area contributed by atoms with E-state index >= 15 is 0 Å². The molecule has 0 radical (unpaired) electrons. The van der Waals surface area contributed by atoms with Crippen LogP contribution in [0.5, 0.6) is 0 Å². The Morgan fingerprint density at radius 2 is 2.00 bits per heavy atom. The fraction of sp³-hybridized carbons (Fsp3) is 0.700. The molecule has 3 heteroatoms. The highest BCUT2D eigenvalue weighted by Crippen LogP contribution is 2.04. The molecule has 0 saturated carbocycles. The smallest absolute Gasteiger partial charge is 0.122 e. The summed E-state index contributed by atoms with van der Waals surface area (Å²) >= 11 is 0. The largest absolute Gasteiger partial charge is 0.369 e. The van der Waals surface area contributed by atoms with Gasteiger partial charge in [0.1, 0.15) is 6.29 Å². The first kappa shape index (κ1) is 12.0. The summed E-state index contributed by atoms with van der Waals surface area (Å²) in [5.74, 6) is 1.09. The van der Waals surface area contributed by atoms with Crippen molar-refractivity contribution in [1.82, 2.24) is 10.2 Å². The van der Waals surface area contributed by atoms with Gasteiger partial charge in [0.25, 0.3) is 0 Å². The van der Waals surface area contributed by atoms with E-state index in [1.807, 2.05) is 25.9 Å². The molecule has 0 fully saturated rings. The predicted molar refractivity (Wildman–Crippen MR) is 55.3 cm³/mol. The standard InChI is InChI=1S/C10H20N2O/c1-8(2)10(12(4)5)11-9(3)6-7-13/h7,9,11H,6H2,1-5H3. The first-order chi connectivity index (χ1) is 5.99. The molecule has 0 aromatic heterocycles. The normalized spacial score (nSPS) is 11.8. The first-order valence-electron chi connectivity index (χ1n) is 4.54. The van der Waals surface area contributed by atoms with Crippen molar-refractivity contribution in [3.8, 4) is 0 Å². The molecule has 0 rings (SSSR count). The summed E-state index contributed by atoms with van der Waals surface area (Å²) in [5, 5.41) is 3.29. The van der Waals surface area contributed by atoms with E-state index in [9.17, 15) is 4.79 Å². The fourth-order valence-electron chi connectivity index (χ4n) is 1.16. The van der Waals surface area contributed by atoms with Gasteiger partial charge < -0.3 is 15.0 Å². The summed E-state index contributed by atoms with van der Waals surface area (Å²) in [6, 6.07) is 0.199. The molecule has 0 heterocycles. The van der Waals surface area contributed by atoms with Crippen LogP contribution in [0.3, 0.4) is 0 Å². The van der Waals surface area contributed by atoms with Crippen molar-refractivity contribution in [2.24, 2.45) is 0 Å². The molecular formula is C10H20N2O. The number of nitrogens with one attached hydrogen (secondary N) is 1. The lowest BCUT2D eigenvalue weighted by molar-refractivity contribution is -0.108.